The van der Waals surface area contributed by atoms with Crippen molar-refractivity contribution < 1.29 is 4.92 Å². The van der Waals surface area contributed by atoms with E-state index in [1.165, 1.54) is 5.56 Å². The van der Waals surface area contributed by atoms with Crippen LogP contribution in [0.3, 0.4) is 0 Å². The van der Waals surface area contributed by atoms with Crippen molar-refractivity contribution in [2.75, 3.05) is 0 Å². The molecule has 4 heteroatoms. The van der Waals surface area contributed by atoms with E-state index in [1.54, 1.807) is 13.0 Å². The van der Waals surface area contributed by atoms with Crippen LogP contribution in [0.2, 0.25) is 0 Å². The summed E-state index contributed by atoms with van der Waals surface area (Å²) in [6.45, 7) is 5.88. The Bertz CT molecular complexity index is 597. The van der Waals surface area contributed by atoms with Gasteiger partial charge in [-0.1, -0.05) is 0 Å². The monoisotopic (exact) mass is 218 g/mol. The van der Waals surface area contributed by atoms with Crippen LogP contribution in [-0.2, 0) is 7.05 Å². The summed E-state index contributed by atoms with van der Waals surface area (Å²) in [5.74, 6) is 0. The zero-order valence-electron chi connectivity index (χ0n) is 9.87. The Hall–Kier alpha value is -1.84. The number of fused-ring (bicyclic) bond motifs is 1. The Kier molecular flexibility index (Phi) is 2.22. The van der Waals surface area contributed by atoms with Crippen LogP contribution in [0.1, 0.15) is 16.8 Å². The summed E-state index contributed by atoms with van der Waals surface area (Å²) in [5.41, 5.74) is 4.23. The van der Waals surface area contributed by atoms with Crippen LogP contribution in [0.15, 0.2) is 12.1 Å². The first-order valence-electron chi connectivity index (χ1n) is 5.14. The highest BCUT2D eigenvalue weighted by molar-refractivity contribution is 5.90. The average Bonchev–Trinajstić information content (AvgIpc) is 2.44. The van der Waals surface area contributed by atoms with Crippen molar-refractivity contribution in [1.29, 1.82) is 0 Å². The fourth-order valence-electron chi connectivity index (χ4n) is 2.24. The summed E-state index contributed by atoms with van der Waals surface area (Å²) >= 11 is 0. The fourth-order valence-corrected chi connectivity index (χ4v) is 2.24. The molecule has 1 aromatic heterocycles. The molecule has 0 aliphatic rings. The number of hydrogen-bond donors (Lipinski definition) is 0. The van der Waals surface area contributed by atoms with Crippen LogP contribution in [0.25, 0.3) is 10.9 Å². The van der Waals surface area contributed by atoms with E-state index in [9.17, 15) is 10.1 Å². The van der Waals surface area contributed by atoms with Gasteiger partial charge in [0.2, 0.25) is 0 Å². The van der Waals surface area contributed by atoms with Crippen molar-refractivity contribution in [1.82, 2.24) is 4.57 Å². The van der Waals surface area contributed by atoms with Gasteiger partial charge in [0, 0.05) is 24.2 Å². The Balaban J connectivity index is 2.95. The number of nitro groups is 1. The van der Waals surface area contributed by atoms with Gasteiger partial charge in [0.15, 0.2) is 0 Å². The second-order valence-electron chi connectivity index (χ2n) is 4.13. The molecule has 0 bridgehead atoms. The Morgan fingerprint density at radius 1 is 1.19 bits per heavy atom. The molecule has 0 aliphatic heterocycles. The van der Waals surface area contributed by atoms with Crippen LogP contribution >= 0.6 is 0 Å². The summed E-state index contributed by atoms with van der Waals surface area (Å²) in [6.07, 6.45) is 0. The van der Waals surface area contributed by atoms with Crippen molar-refractivity contribution in [3.8, 4) is 0 Å². The van der Waals surface area contributed by atoms with E-state index in [1.807, 2.05) is 31.5 Å². The highest BCUT2D eigenvalue weighted by Crippen LogP contribution is 2.31. The van der Waals surface area contributed by atoms with Crippen molar-refractivity contribution in [3.05, 3.63) is 39.1 Å². The molecule has 0 amide bonds. The minimum absolute atomic E-state index is 0.188. The Morgan fingerprint density at radius 3 is 2.38 bits per heavy atom. The number of nitrogens with zero attached hydrogens (tertiary/aromatic N) is 2. The zero-order valence-corrected chi connectivity index (χ0v) is 9.87. The maximum Gasteiger partial charge on any atom is 0.274 e. The molecule has 0 saturated heterocycles. The van der Waals surface area contributed by atoms with E-state index in [2.05, 4.69) is 0 Å². The van der Waals surface area contributed by atoms with Gasteiger partial charge in [-0.2, -0.15) is 0 Å². The van der Waals surface area contributed by atoms with Crippen LogP contribution in [0.5, 0.6) is 0 Å². The van der Waals surface area contributed by atoms with Gasteiger partial charge in [0.1, 0.15) is 0 Å². The van der Waals surface area contributed by atoms with Crippen LogP contribution in [0, 0.1) is 30.9 Å². The van der Waals surface area contributed by atoms with Crippen LogP contribution < -0.4 is 0 Å². The zero-order chi connectivity index (χ0) is 12.0. The second kappa shape index (κ2) is 3.33. The van der Waals surface area contributed by atoms with Crippen molar-refractivity contribution in [2.24, 2.45) is 7.05 Å². The highest BCUT2D eigenvalue weighted by Gasteiger charge is 2.17. The number of aryl methyl sites for hydroxylation is 3. The molecule has 1 aromatic carbocycles. The third-order valence-electron chi connectivity index (χ3n) is 3.38. The minimum atomic E-state index is -0.327. The molecule has 4 nitrogen and oxygen atoms in total. The van der Waals surface area contributed by atoms with Crippen molar-refractivity contribution in [3.63, 3.8) is 0 Å². The molecule has 1 heterocycles. The quantitative estimate of drug-likeness (QED) is 0.545. The summed E-state index contributed by atoms with van der Waals surface area (Å²) < 4.78 is 2.02. The molecule has 0 spiro atoms. The lowest BCUT2D eigenvalue weighted by Gasteiger charge is -2.03. The smallest absolute Gasteiger partial charge is 0.274 e. The Labute approximate surface area is 93.6 Å². The van der Waals surface area contributed by atoms with Gasteiger partial charge in [-0.25, -0.2) is 0 Å². The lowest BCUT2D eigenvalue weighted by molar-refractivity contribution is -0.385. The standard InChI is InChI=1S/C12H14N2O2/c1-7-9(3)13(4)12-8(2)11(14(15)16)6-5-10(7)12/h5-6H,1-4H3. The van der Waals surface area contributed by atoms with Gasteiger partial charge < -0.3 is 4.57 Å². The summed E-state index contributed by atoms with van der Waals surface area (Å²) in [6, 6.07) is 3.42. The molecular weight excluding hydrogens is 204 g/mol. The number of hydrogen-bond acceptors (Lipinski definition) is 2. The molecule has 2 rings (SSSR count). The highest BCUT2D eigenvalue weighted by atomic mass is 16.6. The predicted octanol–water partition coefficient (Wildman–Crippen LogP) is 3.01. The van der Waals surface area contributed by atoms with Crippen molar-refractivity contribution in [2.45, 2.75) is 20.8 Å². The van der Waals surface area contributed by atoms with Gasteiger partial charge in [-0.05, 0) is 32.4 Å². The number of benzene rings is 1. The van der Waals surface area contributed by atoms with E-state index in [0.717, 1.165) is 22.2 Å². The lowest BCUT2D eigenvalue weighted by Crippen LogP contribution is -1.96. The van der Waals surface area contributed by atoms with Crippen LogP contribution in [0.4, 0.5) is 5.69 Å². The molecule has 0 saturated carbocycles. The maximum absolute atomic E-state index is 10.9. The molecular formula is C12H14N2O2. The third kappa shape index (κ3) is 1.23. The molecule has 84 valence electrons. The van der Waals surface area contributed by atoms with E-state index in [4.69, 9.17) is 0 Å². The van der Waals surface area contributed by atoms with Crippen LogP contribution in [-0.4, -0.2) is 9.49 Å². The average molecular weight is 218 g/mol. The molecule has 2 aromatic rings. The predicted molar refractivity (Wildman–Crippen MR) is 63.8 cm³/mol. The third-order valence-corrected chi connectivity index (χ3v) is 3.38. The molecule has 0 aliphatic carbocycles. The topological polar surface area (TPSA) is 48.1 Å². The Morgan fingerprint density at radius 2 is 1.81 bits per heavy atom. The first kappa shape index (κ1) is 10.7. The minimum Gasteiger partial charge on any atom is -0.347 e. The number of nitro benzene ring substituents is 1. The summed E-state index contributed by atoms with van der Waals surface area (Å²) in [7, 11) is 1.95. The van der Waals surface area contributed by atoms with Gasteiger partial charge in [0.05, 0.1) is 16.0 Å². The van der Waals surface area contributed by atoms with Crippen molar-refractivity contribution >= 4 is 16.6 Å². The molecule has 0 unspecified atom stereocenters. The first-order chi connectivity index (χ1) is 7.45. The van der Waals surface area contributed by atoms with E-state index >= 15 is 0 Å². The van der Waals surface area contributed by atoms with Gasteiger partial charge >= 0.3 is 0 Å². The lowest BCUT2D eigenvalue weighted by atomic mass is 10.1. The number of aromatic nitrogens is 1. The van der Waals surface area contributed by atoms with Gasteiger partial charge in [0.25, 0.3) is 5.69 Å². The second-order valence-corrected chi connectivity index (χ2v) is 4.13. The SMILES string of the molecule is Cc1c(C)n(C)c2c(C)c([N+](=O)[O-])ccc12. The molecule has 16 heavy (non-hydrogen) atoms. The van der Waals surface area contributed by atoms with Gasteiger partial charge in [-0.3, -0.25) is 10.1 Å². The fraction of sp³-hybridized carbons (Fsp3) is 0.333. The summed E-state index contributed by atoms with van der Waals surface area (Å²) in [4.78, 5) is 10.5. The van der Waals surface area contributed by atoms with E-state index in [-0.39, 0.29) is 10.6 Å². The molecule has 0 radical (unpaired) electrons. The number of rotatable bonds is 1. The van der Waals surface area contributed by atoms with E-state index in [0.29, 0.717) is 0 Å². The normalized spacial score (nSPS) is 11.0. The molecule has 0 N–H and O–H groups in total. The van der Waals surface area contributed by atoms with Gasteiger partial charge in [-0.15, -0.1) is 0 Å². The first-order valence-corrected chi connectivity index (χ1v) is 5.14. The largest absolute Gasteiger partial charge is 0.347 e. The molecule has 0 fully saturated rings. The van der Waals surface area contributed by atoms with E-state index < -0.39 is 0 Å². The maximum atomic E-state index is 10.9. The summed E-state index contributed by atoms with van der Waals surface area (Å²) in [5, 5.41) is 12.0. The molecule has 0 atom stereocenters.